The minimum atomic E-state index is -0.593. The quantitative estimate of drug-likeness (QED) is 0.476. The molecule has 0 bridgehead atoms. The maximum Gasteiger partial charge on any atom is 0.195 e. The molecule has 7 heteroatoms. The maximum absolute atomic E-state index is 13.5. The van der Waals surface area contributed by atoms with Gasteiger partial charge in [0.05, 0.1) is 16.6 Å². The van der Waals surface area contributed by atoms with E-state index in [1.807, 2.05) is 44.2 Å². The van der Waals surface area contributed by atoms with E-state index in [9.17, 15) is 4.79 Å². The summed E-state index contributed by atoms with van der Waals surface area (Å²) in [6.07, 6.45) is -0.141. The van der Waals surface area contributed by atoms with Crippen LogP contribution in [-0.4, -0.2) is 35.9 Å². The van der Waals surface area contributed by atoms with Crippen molar-refractivity contribution >= 4 is 44.2 Å². The predicted molar refractivity (Wildman–Crippen MR) is 123 cm³/mol. The molecule has 1 aromatic heterocycles. The highest BCUT2D eigenvalue weighted by molar-refractivity contribution is 9.10. The van der Waals surface area contributed by atoms with E-state index in [-0.39, 0.29) is 11.9 Å². The normalized spacial score (nSPS) is 21.2. The smallest absolute Gasteiger partial charge is 0.195 e. The molecular weight excluding hydrogens is 482 g/mol. The van der Waals surface area contributed by atoms with Crippen LogP contribution in [0.4, 0.5) is 0 Å². The number of hydrogen-bond donors (Lipinski definition) is 1. The molecule has 0 saturated carbocycles. The van der Waals surface area contributed by atoms with E-state index in [0.29, 0.717) is 35.1 Å². The topological polar surface area (TPSA) is 60.5 Å². The lowest BCUT2D eigenvalue weighted by Crippen LogP contribution is -2.30. The number of carbonyl (C=O) groups excluding carboxylic acids is 1. The Bertz CT molecular complexity index is 1230. The average molecular weight is 505 g/mol. The summed E-state index contributed by atoms with van der Waals surface area (Å²) in [4.78, 5) is 17.0. The van der Waals surface area contributed by atoms with Gasteiger partial charge in [-0.2, -0.15) is 0 Å². The van der Waals surface area contributed by atoms with E-state index in [1.54, 1.807) is 0 Å². The first-order chi connectivity index (χ1) is 14.6. The predicted octanol–water partition coefficient (Wildman–Crippen LogP) is 5.98. The molecule has 3 aromatic rings. The Morgan fingerprint density at radius 2 is 2.00 bits per heavy atom. The van der Waals surface area contributed by atoms with Gasteiger partial charge in [0.25, 0.3) is 0 Å². The standard InChI is InChI=1S/C24H23BrClNO4/c1-23(2)16-9-19(29-10-13-11-30-24(3,4)31-13)17(25)8-15(16)21(28)20-14-6-5-12(26)7-18(14)27-22(20)23/h5-9,13,27H,10-11H2,1-4H3. The van der Waals surface area contributed by atoms with Crippen molar-refractivity contribution in [3.05, 3.63) is 62.2 Å². The Morgan fingerprint density at radius 1 is 1.23 bits per heavy atom. The second-order valence-corrected chi connectivity index (χ2v) is 10.4. The summed E-state index contributed by atoms with van der Waals surface area (Å²) in [6.45, 7) is 8.86. The largest absolute Gasteiger partial charge is 0.490 e. The molecular formula is C24H23BrClNO4. The Kier molecular flexibility index (Phi) is 4.79. The summed E-state index contributed by atoms with van der Waals surface area (Å²) in [7, 11) is 0. The molecule has 1 saturated heterocycles. The molecule has 5 rings (SSSR count). The Labute approximate surface area is 194 Å². The molecule has 5 nitrogen and oxygen atoms in total. The van der Waals surface area contributed by atoms with E-state index in [2.05, 4.69) is 34.8 Å². The highest BCUT2D eigenvalue weighted by Crippen LogP contribution is 2.46. The number of rotatable bonds is 3. The Balaban J connectivity index is 1.54. The number of ether oxygens (including phenoxy) is 3. The number of ketones is 1. The number of carbonyl (C=O) groups is 1. The Morgan fingerprint density at radius 3 is 2.71 bits per heavy atom. The minimum absolute atomic E-state index is 0.000534. The molecule has 1 aliphatic heterocycles. The molecule has 2 heterocycles. The fourth-order valence-electron chi connectivity index (χ4n) is 4.54. The zero-order chi connectivity index (χ0) is 22.1. The molecule has 0 spiro atoms. The van der Waals surface area contributed by atoms with Crippen LogP contribution in [0.1, 0.15) is 54.9 Å². The first kappa shape index (κ1) is 21.0. The second kappa shape index (κ2) is 7.07. The molecule has 1 N–H and O–H groups in total. The number of fused-ring (bicyclic) bond motifs is 4. The number of aromatic nitrogens is 1. The lowest BCUT2D eigenvalue weighted by Gasteiger charge is -2.32. The number of halogens is 2. The van der Waals surface area contributed by atoms with Crippen LogP contribution >= 0.6 is 27.5 Å². The highest BCUT2D eigenvalue weighted by atomic mass is 79.9. The third-order valence-electron chi connectivity index (χ3n) is 6.09. The summed E-state index contributed by atoms with van der Waals surface area (Å²) in [5.41, 5.74) is 3.65. The molecule has 1 atom stereocenters. The number of benzene rings is 2. The van der Waals surface area contributed by atoms with E-state index >= 15 is 0 Å². The van der Waals surface area contributed by atoms with E-state index < -0.39 is 11.2 Å². The fraction of sp³-hybridized carbons (Fsp3) is 0.375. The zero-order valence-corrected chi connectivity index (χ0v) is 20.1. The van der Waals surface area contributed by atoms with Gasteiger partial charge in [-0.15, -0.1) is 0 Å². The number of H-pyrrole nitrogens is 1. The average Bonchev–Trinajstić information content (AvgIpc) is 3.25. The van der Waals surface area contributed by atoms with E-state index in [0.717, 1.165) is 26.6 Å². The zero-order valence-electron chi connectivity index (χ0n) is 17.8. The van der Waals surface area contributed by atoms with Crippen LogP contribution < -0.4 is 4.74 Å². The van der Waals surface area contributed by atoms with Gasteiger partial charge < -0.3 is 19.2 Å². The van der Waals surface area contributed by atoms with Crippen LogP contribution in [-0.2, 0) is 14.9 Å². The molecule has 2 aromatic carbocycles. The summed E-state index contributed by atoms with van der Waals surface area (Å²) in [5.74, 6) is 0.0831. The fourth-order valence-corrected chi connectivity index (χ4v) is 5.17. The molecule has 2 aliphatic rings. The second-order valence-electron chi connectivity index (χ2n) is 9.11. The van der Waals surface area contributed by atoms with Crippen LogP contribution in [0.3, 0.4) is 0 Å². The third-order valence-corrected chi connectivity index (χ3v) is 6.95. The van der Waals surface area contributed by atoms with Gasteiger partial charge in [0.1, 0.15) is 18.5 Å². The molecule has 1 unspecified atom stereocenters. The van der Waals surface area contributed by atoms with Crippen LogP contribution in [0.5, 0.6) is 5.75 Å². The lowest BCUT2D eigenvalue weighted by molar-refractivity contribution is -0.141. The van der Waals surface area contributed by atoms with Gasteiger partial charge in [0.2, 0.25) is 0 Å². The SMILES string of the molecule is CC1(C)OCC(COc2cc3c(cc2Br)C(=O)c2c([nH]c4cc(Cl)ccc24)C3(C)C)O1. The van der Waals surface area contributed by atoms with Crippen molar-refractivity contribution in [2.24, 2.45) is 0 Å². The lowest BCUT2D eigenvalue weighted by atomic mass is 9.71. The maximum atomic E-state index is 13.5. The van der Waals surface area contributed by atoms with Crippen molar-refractivity contribution in [3.63, 3.8) is 0 Å². The summed E-state index contributed by atoms with van der Waals surface area (Å²) in [5, 5.41) is 1.52. The van der Waals surface area contributed by atoms with E-state index in [4.69, 9.17) is 25.8 Å². The van der Waals surface area contributed by atoms with Crippen LogP contribution in [0, 0.1) is 0 Å². The highest BCUT2D eigenvalue weighted by Gasteiger charge is 2.40. The van der Waals surface area contributed by atoms with Gasteiger partial charge in [-0.05, 0) is 59.6 Å². The molecule has 0 amide bonds. The molecule has 1 fully saturated rings. The Hall–Kier alpha value is -1.86. The van der Waals surface area contributed by atoms with Crippen LogP contribution in [0.2, 0.25) is 5.02 Å². The first-order valence-corrected chi connectivity index (χ1v) is 11.4. The van der Waals surface area contributed by atoms with Gasteiger partial charge in [0, 0.05) is 32.6 Å². The van der Waals surface area contributed by atoms with Crippen molar-refractivity contribution in [1.82, 2.24) is 4.98 Å². The number of hydrogen-bond acceptors (Lipinski definition) is 4. The van der Waals surface area contributed by atoms with Gasteiger partial charge in [-0.1, -0.05) is 31.5 Å². The number of nitrogens with one attached hydrogen (secondary N) is 1. The summed E-state index contributed by atoms with van der Waals surface area (Å²) >= 11 is 9.77. The van der Waals surface area contributed by atoms with Crippen molar-refractivity contribution < 1.29 is 19.0 Å². The minimum Gasteiger partial charge on any atom is -0.490 e. The van der Waals surface area contributed by atoms with Gasteiger partial charge in [-0.3, -0.25) is 4.79 Å². The van der Waals surface area contributed by atoms with Crippen LogP contribution in [0.25, 0.3) is 10.9 Å². The monoisotopic (exact) mass is 503 g/mol. The molecule has 31 heavy (non-hydrogen) atoms. The third kappa shape index (κ3) is 3.41. The first-order valence-electron chi connectivity index (χ1n) is 10.2. The summed E-state index contributed by atoms with van der Waals surface area (Å²) in [6, 6.07) is 9.40. The molecule has 1 aliphatic carbocycles. The van der Waals surface area contributed by atoms with Crippen molar-refractivity contribution in [3.8, 4) is 5.75 Å². The summed E-state index contributed by atoms with van der Waals surface area (Å²) < 4.78 is 18.3. The van der Waals surface area contributed by atoms with Gasteiger partial charge >= 0.3 is 0 Å². The number of aromatic amines is 1. The van der Waals surface area contributed by atoms with Gasteiger partial charge in [0.15, 0.2) is 11.6 Å². The van der Waals surface area contributed by atoms with Crippen LogP contribution in [0.15, 0.2) is 34.8 Å². The van der Waals surface area contributed by atoms with Crippen molar-refractivity contribution in [1.29, 1.82) is 0 Å². The van der Waals surface area contributed by atoms with Crippen molar-refractivity contribution in [2.45, 2.75) is 45.0 Å². The van der Waals surface area contributed by atoms with E-state index in [1.165, 1.54) is 0 Å². The molecule has 162 valence electrons. The van der Waals surface area contributed by atoms with Crippen molar-refractivity contribution in [2.75, 3.05) is 13.2 Å². The molecule has 0 radical (unpaired) electrons. The van der Waals surface area contributed by atoms with Gasteiger partial charge in [-0.25, -0.2) is 0 Å².